The van der Waals surface area contributed by atoms with E-state index in [9.17, 15) is 4.79 Å². The summed E-state index contributed by atoms with van der Waals surface area (Å²) in [6, 6.07) is 4.63. The molecule has 2 aliphatic heterocycles. The Hall–Kier alpha value is -1.42. The second-order valence-corrected chi connectivity index (χ2v) is 6.30. The van der Waals surface area contributed by atoms with E-state index in [1.165, 1.54) is 24.8 Å². The van der Waals surface area contributed by atoms with Gasteiger partial charge in [0.15, 0.2) is 0 Å². The number of hydrogen-bond acceptors (Lipinski definition) is 3. The smallest absolute Gasteiger partial charge is 0.222 e. The second-order valence-electron chi connectivity index (χ2n) is 6.30. The topological polar surface area (TPSA) is 45.2 Å². The summed E-state index contributed by atoms with van der Waals surface area (Å²) in [6.45, 7) is 3.04. The Morgan fingerprint density at radius 2 is 2.14 bits per heavy atom. The SMILES string of the molecule is O=C(CCc1ccncc1)N1CCCC(C2CCCN2)C1. The lowest BCUT2D eigenvalue weighted by Crippen LogP contribution is -2.45. The molecule has 0 aromatic carbocycles. The summed E-state index contributed by atoms with van der Waals surface area (Å²) >= 11 is 0. The van der Waals surface area contributed by atoms with Crippen LogP contribution < -0.4 is 5.32 Å². The second kappa shape index (κ2) is 7.03. The third-order valence-corrected chi connectivity index (χ3v) is 4.85. The van der Waals surface area contributed by atoms with Gasteiger partial charge in [-0.2, -0.15) is 0 Å². The van der Waals surface area contributed by atoms with Crippen molar-refractivity contribution in [3.8, 4) is 0 Å². The molecule has 1 amide bonds. The monoisotopic (exact) mass is 287 g/mol. The summed E-state index contributed by atoms with van der Waals surface area (Å²) in [5.41, 5.74) is 1.20. The van der Waals surface area contributed by atoms with Crippen molar-refractivity contribution in [3.05, 3.63) is 30.1 Å². The molecule has 4 nitrogen and oxygen atoms in total. The minimum absolute atomic E-state index is 0.314. The Kier molecular flexibility index (Phi) is 4.86. The highest BCUT2D eigenvalue weighted by Crippen LogP contribution is 2.25. The molecule has 2 fully saturated rings. The molecule has 2 atom stereocenters. The molecule has 0 aliphatic carbocycles. The van der Waals surface area contributed by atoms with Crippen LogP contribution in [0.5, 0.6) is 0 Å². The van der Waals surface area contributed by atoms with Gasteiger partial charge in [0.05, 0.1) is 0 Å². The Morgan fingerprint density at radius 3 is 2.90 bits per heavy atom. The number of piperidine rings is 1. The van der Waals surface area contributed by atoms with Crippen LogP contribution in [0.1, 0.15) is 37.7 Å². The average Bonchev–Trinajstić information content (AvgIpc) is 3.08. The van der Waals surface area contributed by atoms with E-state index in [0.717, 1.165) is 32.5 Å². The highest BCUT2D eigenvalue weighted by atomic mass is 16.2. The van der Waals surface area contributed by atoms with E-state index in [-0.39, 0.29) is 0 Å². The number of likely N-dealkylation sites (tertiary alicyclic amines) is 1. The molecular weight excluding hydrogens is 262 g/mol. The number of aromatic nitrogens is 1. The van der Waals surface area contributed by atoms with E-state index >= 15 is 0 Å². The van der Waals surface area contributed by atoms with Crippen LogP contribution in [0.25, 0.3) is 0 Å². The molecule has 3 rings (SSSR count). The minimum Gasteiger partial charge on any atom is -0.342 e. The Morgan fingerprint density at radius 1 is 1.29 bits per heavy atom. The van der Waals surface area contributed by atoms with Crippen LogP contribution >= 0.6 is 0 Å². The maximum absolute atomic E-state index is 12.4. The lowest BCUT2D eigenvalue weighted by molar-refractivity contribution is -0.133. The first-order chi connectivity index (χ1) is 10.3. The van der Waals surface area contributed by atoms with E-state index in [0.29, 0.717) is 24.3 Å². The van der Waals surface area contributed by atoms with E-state index in [1.54, 1.807) is 12.4 Å². The van der Waals surface area contributed by atoms with Gasteiger partial charge in [-0.25, -0.2) is 0 Å². The fourth-order valence-electron chi connectivity index (χ4n) is 3.64. The molecule has 1 aromatic heterocycles. The molecule has 0 radical (unpaired) electrons. The largest absolute Gasteiger partial charge is 0.342 e. The maximum atomic E-state index is 12.4. The van der Waals surface area contributed by atoms with Crippen LogP contribution in [-0.4, -0.2) is 41.5 Å². The maximum Gasteiger partial charge on any atom is 0.222 e. The summed E-state index contributed by atoms with van der Waals surface area (Å²) in [6.07, 6.45) is 10.0. The number of aryl methyl sites for hydroxylation is 1. The Labute approximate surface area is 126 Å². The fourth-order valence-corrected chi connectivity index (χ4v) is 3.64. The Balaban J connectivity index is 1.49. The molecule has 0 spiro atoms. The van der Waals surface area contributed by atoms with Crippen LogP contribution in [0.3, 0.4) is 0 Å². The zero-order valence-electron chi connectivity index (χ0n) is 12.6. The molecule has 2 saturated heterocycles. The molecule has 3 heterocycles. The number of pyridine rings is 1. The van der Waals surface area contributed by atoms with E-state index < -0.39 is 0 Å². The first-order valence-corrected chi connectivity index (χ1v) is 8.23. The van der Waals surface area contributed by atoms with Gasteiger partial charge < -0.3 is 10.2 Å². The van der Waals surface area contributed by atoms with Crippen molar-refractivity contribution in [2.75, 3.05) is 19.6 Å². The van der Waals surface area contributed by atoms with Gasteiger partial charge in [-0.3, -0.25) is 9.78 Å². The van der Waals surface area contributed by atoms with Gasteiger partial charge in [0, 0.05) is 37.9 Å². The summed E-state index contributed by atoms with van der Waals surface area (Å²) < 4.78 is 0. The van der Waals surface area contributed by atoms with Crippen molar-refractivity contribution in [3.63, 3.8) is 0 Å². The van der Waals surface area contributed by atoms with Crippen molar-refractivity contribution in [1.82, 2.24) is 15.2 Å². The van der Waals surface area contributed by atoms with Gasteiger partial charge in [-0.1, -0.05) is 0 Å². The number of hydrogen-bond donors (Lipinski definition) is 1. The standard InChI is InChI=1S/C17H25N3O/c21-17(6-5-14-7-10-18-11-8-14)20-12-2-3-15(13-20)16-4-1-9-19-16/h7-8,10-11,15-16,19H,1-6,9,12-13H2. The first kappa shape index (κ1) is 14.5. The van der Waals surface area contributed by atoms with Crippen molar-refractivity contribution in [2.45, 2.75) is 44.6 Å². The molecule has 0 saturated carbocycles. The lowest BCUT2D eigenvalue weighted by atomic mass is 9.89. The Bertz CT molecular complexity index is 456. The van der Waals surface area contributed by atoms with Gasteiger partial charge in [-0.15, -0.1) is 0 Å². The first-order valence-electron chi connectivity index (χ1n) is 8.23. The number of rotatable bonds is 4. The zero-order valence-corrected chi connectivity index (χ0v) is 12.6. The lowest BCUT2D eigenvalue weighted by Gasteiger charge is -2.36. The van der Waals surface area contributed by atoms with Crippen molar-refractivity contribution in [1.29, 1.82) is 0 Å². The number of amides is 1. The summed E-state index contributed by atoms with van der Waals surface area (Å²) in [4.78, 5) is 18.5. The summed E-state index contributed by atoms with van der Waals surface area (Å²) in [5, 5.41) is 3.60. The minimum atomic E-state index is 0.314. The van der Waals surface area contributed by atoms with Crippen molar-refractivity contribution < 1.29 is 4.79 Å². The van der Waals surface area contributed by atoms with E-state index in [2.05, 4.69) is 15.2 Å². The summed E-state index contributed by atoms with van der Waals surface area (Å²) in [7, 11) is 0. The van der Waals surface area contributed by atoms with E-state index in [1.807, 2.05) is 12.1 Å². The van der Waals surface area contributed by atoms with Crippen LogP contribution in [-0.2, 0) is 11.2 Å². The summed E-state index contributed by atoms with van der Waals surface area (Å²) in [5.74, 6) is 0.973. The van der Waals surface area contributed by atoms with Gasteiger partial charge >= 0.3 is 0 Å². The number of nitrogens with one attached hydrogen (secondary N) is 1. The van der Waals surface area contributed by atoms with Gasteiger partial charge in [-0.05, 0) is 62.3 Å². The highest BCUT2D eigenvalue weighted by molar-refractivity contribution is 5.76. The fraction of sp³-hybridized carbons (Fsp3) is 0.647. The van der Waals surface area contributed by atoms with Gasteiger partial charge in [0.2, 0.25) is 5.91 Å². The average molecular weight is 287 g/mol. The zero-order chi connectivity index (χ0) is 14.5. The van der Waals surface area contributed by atoms with Crippen molar-refractivity contribution >= 4 is 5.91 Å². The molecule has 4 heteroatoms. The molecule has 21 heavy (non-hydrogen) atoms. The quantitative estimate of drug-likeness (QED) is 0.921. The third kappa shape index (κ3) is 3.82. The van der Waals surface area contributed by atoms with Crippen molar-refractivity contribution in [2.24, 2.45) is 5.92 Å². The molecule has 1 N–H and O–H groups in total. The third-order valence-electron chi connectivity index (χ3n) is 4.85. The predicted octanol–water partition coefficient (Wildman–Crippen LogP) is 2.00. The van der Waals surface area contributed by atoms with Crippen LogP contribution in [0.4, 0.5) is 0 Å². The normalized spacial score (nSPS) is 26.0. The highest BCUT2D eigenvalue weighted by Gasteiger charge is 2.30. The molecule has 0 bridgehead atoms. The van der Waals surface area contributed by atoms with E-state index in [4.69, 9.17) is 0 Å². The number of carbonyl (C=O) groups excluding carboxylic acids is 1. The molecule has 1 aromatic rings. The molecule has 2 unspecified atom stereocenters. The molecule has 114 valence electrons. The van der Waals surface area contributed by atoms with Gasteiger partial charge in [0.25, 0.3) is 0 Å². The van der Waals surface area contributed by atoms with Crippen LogP contribution in [0, 0.1) is 5.92 Å². The van der Waals surface area contributed by atoms with Gasteiger partial charge in [0.1, 0.15) is 0 Å². The molecular formula is C17H25N3O. The number of carbonyl (C=O) groups is 1. The molecule has 2 aliphatic rings. The van der Waals surface area contributed by atoms with Crippen LogP contribution in [0.15, 0.2) is 24.5 Å². The predicted molar refractivity (Wildman–Crippen MR) is 82.9 cm³/mol. The van der Waals surface area contributed by atoms with Crippen LogP contribution in [0.2, 0.25) is 0 Å². The number of nitrogens with zero attached hydrogens (tertiary/aromatic N) is 2.